The van der Waals surface area contributed by atoms with E-state index in [0.717, 1.165) is 44.6 Å². The van der Waals surface area contributed by atoms with Crippen LogP contribution < -0.4 is 0 Å². The van der Waals surface area contributed by atoms with E-state index in [1.54, 1.807) is 12.1 Å². The summed E-state index contributed by atoms with van der Waals surface area (Å²) in [5.74, 6) is 0.384. The molecule has 0 amide bonds. The minimum Gasteiger partial charge on any atom is -0.228 e. The zero-order chi connectivity index (χ0) is 44.6. The van der Waals surface area contributed by atoms with E-state index in [0.29, 0.717) is 22.6 Å². The van der Waals surface area contributed by atoms with Gasteiger partial charge in [0.25, 0.3) is 0 Å². The van der Waals surface area contributed by atoms with Crippen LogP contribution in [0, 0.1) is 11.3 Å². The molecule has 0 unspecified atom stereocenters. The summed E-state index contributed by atoms with van der Waals surface area (Å²) in [6.45, 7) is 0. The normalized spacial score (nSPS) is 12.8. The molecule has 0 N–H and O–H groups in total. The quantitative estimate of drug-likeness (QED) is 0.155. The van der Waals surface area contributed by atoms with E-state index in [4.69, 9.17) is 30.9 Å². The highest BCUT2D eigenvalue weighted by Crippen LogP contribution is 2.41. The highest BCUT2D eigenvalue weighted by molar-refractivity contribution is 5.93. The van der Waals surface area contributed by atoms with Crippen molar-refractivity contribution >= 4 is 0 Å². The molecule has 262 valence electrons. The lowest BCUT2D eigenvalue weighted by Gasteiger charge is -2.17. The van der Waals surface area contributed by atoms with Gasteiger partial charge in [0.2, 0.25) is 0 Å². The molecule has 0 atom stereocenters. The van der Waals surface area contributed by atoms with Crippen LogP contribution in [0.5, 0.6) is 0 Å². The molecule has 7 aromatic carbocycles. The summed E-state index contributed by atoms with van der Waals surface area (Å²) in [7, 11) is 0. The van der Waals surface area contributed by atoms with Gasteiger partial charge in [0.05, 0.1) is 34.0 Å². The Morgan fingerprint density at radius 3 is 1.52 bits per heavy atom. The summed E-state index contributed by atoms with van der Waals surface area (Å²) in [4.78, 5) is 24.2. The third-order valence-corrected chi connectivity index (χ3v) is 9.14. The number of hydrogen-bond donors (Lipinski definition) is 0. The fourth-order valence-corrected chi connectivity index (χ4v) is 6.43. The number of rotatable bonds is 8. The summed E-state index contributed by atoms with van der Waals surface area (Å²) < 4.78 is 67.2. The summed E-state index contributed by atoms with van der Waals surface area (Å²) in [6, 6.07) is 43.7. The highest BCUT2D eigenvalue weighted by atomic mass is 15.0. The van der Waals surface area contributed by atoms with Gasteiger partial charge in [-0.3, -0.25) is 0 Å². The molecule has 0 radical (unpaired) electrons. The Morgan fingerprint density at radius 1 is 0.357 bits per heavy atom. The van der Waals surface area contributed by atoms with Crippen LogP contribution in [-0.2, 0) is 0 Å². The predicted octanol–water partition coefficient (Wildman–Crippen LogP) is 11.9. The second-order valence-corrected chi connectivity index (χ2v) is 12.7. The Balaban J connectivity index is 1.28. The van der Waals surface area contributed by atoms with Crippen molar-refractivity contribution in [3.63, 3.8) is 0 Å². The molecule has 9 aromatic rings. The molecule has 0 aliphatic carbocycles. The third kappa shape index (κ3) is 6.96. The number of aromatic nitrogens is 5. The Bertz CT molecular complexity index is 3180. The van der Waals surface area contributed by atoms with Gasteiger partial charge in [-0.25, -0.2) is 24.9 Å². The number of benzene rings is 7. The van der Waals surface area contributed by atoms with Crippen molar-refractivity contribution in [2.75, 3.05) is 0 Å². The molecule has 0 saturated heterocycles. The van der Waals surface area contributed by atoms with E-state index in [1.165, 1.54) is 12.1 Å². The number of hydrogen-bond acceptors (Lipinski definition) is 6. The van der Waals surface area contributed by atoms with Gasteiger partial charge < -0.3 is 0 Å². The van der Waals surface area contributed by atoms with Crippen LogP contribution in [-0.4, -0.2) is 24.9 Å². The first kappa shape index (κ1) is 26.0. The zero-order valence-corrected chi connectivity index (χ0v) is 29.5. The van der Waals surface area contributed by atoms with Crippen molar-refractivity contribution in [1.82, 2.24) is 24.9 Å². The Hall–Kier alpha value is -7.88. The summed E-state index contributed by atoms with van der Waals surface area (Å²) in [6.07, 6.45) is 0. The molecule has 0 bridgehead atoms. The Kier molecular flexibility index (Phi) is 7.07. The summed E-state index contributed by atoms with van der Waals surface area (Å²) >= 11 is 0. The topological polar surface area (TPSA) is 88.2 Å². The molecule has 0 aliphatic rings. The van der Waals surface area contributed by atoms with Gasteiger partial charge in [-0.15, -0.1) is 0 Å². The van der Waals surface area contributed by atoms with Crippen molar-refractivity contribution in [2.24, 2.45) is 0 Å². The van der Waals surface area contributed by atoms with Crippen LogP contribution in [0.3, 0.4) is 0 Å². The molecule has 6 nitrogen and oxygen atoms in total. The average molecular weight is 725 g/mol. The molecule has 0 saturated carbocycles. The van der Waals surface area contributed by atoms with Gasteiger partial charge in [0.15, 0.2) is 23.3 Å². The standard InChI is InChI=1S/C50H32N6/c51-33-34-25-27-35(28-26-34)44-31-40(50-55-48(38-19-9-3-10-20-38)54-49(56-50)39-21-11-4-12-22-39)29-30-42(44)41-23-13-14-24-43(41)46-32-45(36-15-5-1-6-16-36)52-47(53-46)37-17-7-2-8-18-37/h1-32H/i3D,4D,9D,10D,11D,12D,19D,21D. The van der Waals surface area contributed by atoms with Crippen LogP contribution in [0.4, 0.5) is 0 Å². The van der Waals surface area contributed by atoms with Crippen LogP contribution in [0.25, 0.3) is 90.3 Å². The van der Waals surface area contributed by atoms with Gasteiger partial charge in [0, 0.05) is 33.4 Å². The first-order chi connectivity index (χ1) is 31.0. The molecule has 2 aromatic heterocycles. The molecule has 2 heterocycles. The first-order valence-electron chi connectivity index (χ1n) is 21.6. The molecule has 6 heteroatoms. The average Bonchev–Trinajstić information content (AvgIpc) is 3.35. The van der Waals surface area contributed by atoms with Crippen molar-refractivity contribution in [1.29, 1.82) is 5.26 Å². The van der Waals surface area contributed by atoms with Crippen LogP contribution in [0.1, 0.15) is 16.5 Å². The van der Waals surface area contributed by atoms with Crippen LogP contribution in [0.15, 0.2) is 194 Å². The maximum absolute atomic E-state index is 9.70. The predicted molar refractivity (Wildman–Crippen MR) is 224 cm³/mol. The van der Waals surface area contributed by atoms with E-state index >= 15 is 0 Å². The minimum atomic E-state index is -0.491. The Labute approximate surface area is 336 Å². The van der Waals surface area contributed by atoms with Gasteiger partial charge in [-0.1, -0.05) is 170 Å². The lowest BCUT2D eigenvalue weighted by molar-refractivity contribution is 1.07. The van der Waals surface area contributed by atoms with Crippen molar-refractivity contribution in [2.45, 2.75) is 0 Å². The second-order valence-electron chi connectivity index (χ2n) is 12.7. The van der Waals surface area contributed by atoms with E-state index in [1.807, 2.05) is 121 Å². The molecule has 0 aliphatic heterocycles. The smallest absolute Gasteiger partial charge is 0.164 e. The van der Waals surface area contributed by atoms with Crippen LogP contribution in [0.2, 0.25) is 0 Å². The molecule has 0 fully saturated rings. The maximum atomic E-state index is 9.70. The molecule has 9 rings (SSSR count). The van der Waals surface area contributed by atoms with Crippen molar-refractivity contribution < 1.29 is 11.0 Å². The molecular weight excluding hydrogens is 685 g/mol. The van der Waals surface area contributed by atoms with E-state index in [-0.39, 0.29) is 52.8 Å². The van der Waals surface area contributed by atoms with Crippen LogP contribution >= 0.6 is 0 Å². The van der Waals surface area contributed by atoms with Crippen molar-refractivity contribution in [3.05, 3.63) is 199 Å². The van der Waals surface area contributed by atoms with Gasteiger partial charge in [-0.05, 0) is 46.5 Å². The molecule has 56 heavy (non-hydrogen) atoms. The van der Waals surface area contributed by atoms with Gasteiger partial charge in [0.1, 0.15) is 0 Å². The third-order valence-electron chi connectivity index (χ3n) is 9.14. The lowest BCUT2D eigenvalue weighted by atomic mass is 9.89. The second kappa shape index (κ2) is 15.2. The number of nitrogens with zero attached hydrogens (tertiary/aromatic N) is 6. The van der Waals surface area contributed by atoms with E-state index in [2.05, 4.69) is 11.1 Å². The summed E-state index contributed by atoms with van der Waals surface area (Å²) in [5.41, 5.74) is 8.04. The minimum absolute atomic E-state index is 0.0239. The zero-order valence-electron chi connectivity index (χ0n) is 37.5. The van der Waals surface area contributed by atoms with Gasteiger partial charge in [-0.2, -0.15) is 5.26 Å². The monoisotopic (exact) mass is 724 g/mol. The molecule has 0 spiro atoms. The molecular formula is C50H32N6. The van der Waals surface area contributed by atoms with Gasteiger partial charge >= 0.3 is 0 Å². The lowest BCUT2D eigenvalue weighted by Crippen LogP contribution is -2.01. The summed E-state index contributed by atoms with van der Waals surface area (Å²) in [5, 5.41) is 9.70. The van der Waals surface area contributed by atoms with E-state index in [9.17, 15) is 5.26 Å². The SMILES string of the molecule is [2H]c1cc(-c2nc(-c3ccc(-c4ccccc4-c4cc(-c5ccccc5)nc(-c5ccccc5)n4)c(-c4ccc(C#N)cc4)c3)nc(-c3cc([2H])c([2H])c([2H])c3[2H])n2)c([2H])c([2H])c1[2H]. The van der Waals surface area contributed by atoms with E-state index < -0.39 is 24.2 Å². The largest absolute Gasteiger partial charge is 0.228 e. The fraction of sp³-hybridized carbons (Fsp3) is 0. The highest BCUT2D eigenvalue weighted by Gasteiger charge is 2.19. The van der Waals surface area contributed by atoms with Crippen molar-refractivity contribution in [3.8, 4) is 96.4 Å². The maximum Gasteiger partial charge on any atom is 0.164 e. The Morgan fingerprint density at radius 2 is 0.875 bits per heavy atom. The fourth-order valence-electron chi connectivity index (χ4n) is 6.43. The first-order valence-corrected chi connectivity index (χ1v) is 17.6. The number of nitriles is 1.